The molecule has 0 amide bonds. The standard InChI is InChI=1S/C15H23N3O/c1-11(9-16)6-7-18(3)10-13-4-5-15-14(8-13)17-12(2)19-15/h4-5,8,11H,6-7,9-10,16H2,1-3H3. The second-order valence-corrected chi connectivity index (χ2v) is 5.40. The molecule has 0 bridgehead atoms. The van der Waals surface area contributed by atoms with E-state index in [1.807, 2.05) is 13.0 Å². The van der Waals surface area contributed by atoms with E-state index in [0.717, 1.165) is 43.0 Å². The van der Waals surface area contributed by atoms with Gasteiger partial charge in [0, 0.05) is 13.5 Å². The van der Waals surface area contributed by atoms with Crippen molar-refractivity contribution in [2.24, 2.45) is 11.7 Å². The minimum atomic E-state index is 0.586. The summed E-state index contributed by atoms with van der Waals surface area (Å²) in [7, 11) is 2.14. The fourth-order valence-electron chi connectivity index (χ4n) is 2.14. The molecule has 0 fully saturated rings. The molecular formula is C15H23N3O. The number of aryl methyl sites for hydroxylation is 1. The van der Waals surface area contributed by atoms with Gasteiger partial charge < -0.3 is 15.1 Å². The van der Waals surface area contributed by atoms with Gasteiger partial charge in [-0.15, -0.1) is 0 Å². The molecule has 0 aliphatic carbocycles. The van der Waals surface area contributed by atoms with E-state index >= 15 is 0 Å². The van der Waals surface area contributed by atoms with Gasteiger partial charge >= 0.3 is 0 Å². The van der Waals surface area contributed by atoms with Gasteiger partial charge in [0.05, 0.1) is 0 Å². The number of aromatic nitrogens is 1. The zero-order chi connectivity index (χ0) is 13.8. The van der Waals surface area contributed by atoms with Crippen LogP contribution in [-0.2, 0) is 6.54 Å². The predicted octanol–water partition coefficient (Wildman–Crippen LogP) is 2.55. The van der Waals surface area contributed by atoms with E-state index in [-0.39, 0.29) is 0 Å². The van der Waals surface area contributed by atoms with Gasteiger partial charge in [-0.2, -0.15) is 0 Å². The molecule has 0 saturated heterocycles. The van der Waals surface area contributed by atoms with Gasteiger partial charge in [-0.3, -0.25) is 0 Å². The maximum absolute atomic E-state index is 5.64. The Bertz CT molecular complexity index is 535. The summed E-state index contributed by atoms with van der Waals surface area (Å²) in [5.74, 6) is 1.31. The first-order valence-electron chi connectivity index (χ1n) is 6.83. The maximum Gasteiger partial charge on any atom is 0.192 e. The molecule has 2 N–H and O–H groups in total. The van der Waals surface area contributed by atoms with Crippen molar-refractivity contribution in [2.45, 2.75) is 26.8 Å². The molecule has 19 heavy (non-hydrogen) atoms. The molecule has 1 atom stereocenters. The average molecular weight is 261 g/mol. The predicted molar refractivity (Wildman–Crippen MR) is 77.9 cm³/mol. The van der Waals surface area contributed by atoms with Crippen LogP contribution in [-0.4, -0.2) is 30.0 Å². The molecule has 4 nitrogen and oxygen atoms in total. The van der Waals surface area contributed by atoms with E-state index < -0.39 is 0 Å². The van der Waals surface area contributed by atoms with Crippen LogP contribution < -0.4 is 5.73 Å². The van der Waals surface area contributed by atoms with Crippen LogP contribution in [0.1, 0.15) is 24.8 Å². The van der Waals surface area contributed by atoms with Crippen molar-refractivity contribution < 1.29 is 4.42 Å². The molecule has 2 rings (SSSR count). The molecule has 1 aromatic heterocycles. The van der Waals surface area contributed by atoms with Crippen molar-refractivity contribution in [3.8, 4) is 0 Å². The van der Waals surface area contributed by atoms with E-state index in [2.05, 4.69) is 36.0 Å². The highest BCUT2D eigenvalue weighted by Crippen LogP contribution is 2.17. The van der Waals surface area contributed by atoms with E-state index in [1.165, 1.54) is 5.56 Å². The van der Waals surface area contributed by atoms with Crippen LogP contribution in [0.2, 0.25) is 0 Å². The summed E-state index contributed by atoms with van der Waals surface area (Å²) in [4.78, 5) is 6.69. The molecule has 0 aliphatic rings. The summed E-state index contributed by atoms with van der Waals surface area (Å²) < 4.78 is 5.48. The quantitative estimate of drug-likeness (QED) is 0.868. The molecule has 1 aromatic carbocycles. The third-order valence-electron chi connectivity index (χ3n) is 3.42. The van der Waals surface area contributed by atoms with Crippen molar-refractivity contribution in [1.82, 2.24) is 9.88 Å². The smallest absolute Gasteiger partial charge is 0.192 e. The Labute approximate surface area is 114 Å². The van der Waals surface area contributed by atoms with E-state index in [1.54, 1.807) is 0 Å². The number of nitrogens with zero attached hydrogens (tertiary/aromatic N) is 2. The molecule has 0 aliphatic heterocycles. The first kappa shape index (κ1) is 14.0. The monoisotopic (exact) mass is 261 g/mol. The molecule has 104 valence electrons. The van der Waals surface area contributed by atoms with Crippen LogP contribution >= 0.6 is 0 Å². The topological polar surface area (TPSA) is 55.3 Å². The fourth-order valence-corrected chi connectivity index (χ4v) is 2.14. The van der Waals surface area contributed by atoms with Gasteiger partial charge in [-0.05, 0) is 50.2 Å². The van der Waals surface area contributed by atoms with Crippen LogP contribution in [0, 0.1) is 12.8 Å². The molecule has 1 heterocycles. The van der Waals surface area contributed by atoms with Gasteiger partial charge in [0.1, 0.15) is 5.52 Å². The first-order chi connectivity index (χ1) is 9.08. The number of nitrogens with two attached hydrogens (primary N) is 1. The van der Waals surface area contributed by atoms with E-state index in [4.69, 9.17) is 10.2 Å². The van der Waals surface area contributed by atoms with Crippen LogP contribution in [0.3, 0.4) is 0 Å². The fraction of sp³-hybridized carbons (Fsp3) is 0.533. The second kappa shape index (κ2) is 6.17. The highest BCUT2D eigenvalue weighted by Gasteiger charge is 2.06. The normalized spacial score (nSPS) is 13.3. The number of oxazole rings is 1. The Balaban J connectivity index is 1.96. The van der Waals surface area contributed by atoms with Crippen LogP contribution in [0.25, 0.3) is 11.1 Å². The zero-order valence-corrected chi connectivity index (χ0v) is 12.0. The number of rotatable bonds is 6. The molecule has 0 saturated carbocycles. The summed E-state index contributed by atoms with van der Waals surface area (Å²) in [6.07, 6.45) is 1.14. The molecule has 4 heteroatoms. The second-order valence-electron chi connectivity index (χ2n) is 5.40. The van der Waals surface area contributed by atoms with Gasteiger partial charge in [-0.1, -0.05) is 13.0 Å². The molecular weight excluding hydrogens is 238 g/mol. The van der Waals surface area contributed by atoms with Gasteiger partial charge in [0.25, 0.3) is 0 Å². The van der Waals surface area contributed by atoms with Crippen molar-refractivity contribution in [2.75, 3.05) is 20.1 Å². The highest BCUT2D eigenvalue weighted by molar-refractivity contribution is 5.73. The van der Waals surface area contributed by atoms with Gasteiger partial charge in [-0.25, -0.2) is 4.98 Å². The first-order valence-corrected chi connectivity index (χ1v) is 6.83. The molecule has 0 spiro atoms. The summed E-state index contributed by atoms with van der Waals surface area (Å²) >= 11 is 0. The third-order valence-corrected chi connectivity index (χ3v) is 3.42. The zero-order valence-electron chi connectivity index (χ0n) is 12.0. The van der Waals surface area contributed by atoms with Crippen molar-refractivity contribution >= 4 is 11.1 Å². The number of hydrogen-bond acceptors (Lipinski definition) is 4. The minimum absolute atomic E-state index is 0.586. The lowest BCUT2D eigenvalue weighted by Gasteiger charge is -2.18. The Hall–Kier alpha value is -1.39. The lowest BCUT2D eigenvalue weighted by atomic mass is 10.1. The lowest BCUT2D eigenvalue weighted by molar-refractivity contribution is 0.300. The summed E-state index contributed by atoms with van der Waals surface area (Å²) in [6, 6.07) is 6.21. The van der Waals surface area contributed by atoms with Crippen LogP contribution in [0.5, 0.6) is 0 Å². The SMILES string of the molecule is Cc1nc2cc(CN(C)CCC(C)CN)ccc2o1. The Morgan fingerprint density at radius 2 is 2.21 bits per heavy atom. The Kier molecular flexibility index (Phi) is 4.56. The molecule has 1 unspecified atom stereocenters. The number of hydrogen-bond donors (Lipinski definition) is 1. The average Bonchev–Trinajstić information content (AvgIpc) is 2.75. The largest absolute Gasteiger partial charge is 0.441 e. The van der Waals surface area contributed by atoms with Gasteiger partial charge in [0.2, 0.25) is 0 Å². The highest BCUT2D eigenvalue weighted by atomic mass is 16.3. The summed E-state index contributed by atoms with van der Waals surface area (Å²) in [5, 5.41) is 0. The molecule has 2 aromatic rings. The van der Waals surface area contributed by atoms with Crippen LogP contribution in [0.4, 0.5) is 0 Å². The number of fused-ring (bicyclic) bond motifs is 1. The Morgan fingerprint density at radius 3 is 2.95 bits per heavy atom. The summed E-state index contributed by atoms with van der Waals surface area (Å²) in [6.45, 7) is 6.82. The lowest BCUT2D eigenvalue weighted by Crippen LogP contribution is -2.23. The minimum Gasteiger partial charge on any atom is -0.441 e. The maximum atomic E-state index is 5.64. The molecule has 0 radical (unpaired) electrons. The van der Waals surface area contributed by atoms with Crippen molar-refractivity contribution in [3.63, 3.8) is 0 Å². The summed E-state index contributed by atoms with van der Waals surface area (Å²) in [5.41, 5.74) is 8.71. The van der Waals surface area contributed by atoms with E-state index in [9.17, 15) is 0 Å². The number of benzene rings is 1. The van der Waals surface area contributed by atoms with Gasteiger partial charge in [0.15, 0.2) is 11.5 Å². The Morgan fingerprint density at radius 1 is 1.42 bits per heavy atom. The van der Waals surface area contributed by atoms with Crippen molar-refractivity contribution in [1.29, 1.82) is 0 Å². The van der Waals surface area contributed by atoms with Crippen LogP contribution in [0.15, 0.2) is 22.6 Å². The van der Waals surface area contributed by atoms with Crippen molar-refractivity contribution in [3.05, 3.63) is 29.7 Å². The van der Waals surface area contributed by atoms with E-state index in [0.29, 0.717) is 5.92 Å². The third kappa shape index (κ3) is 3.78.